The SMILES string of the molecule is CCC1CCC(NC(=O)c2cn(C)c3ccccc23)CC1. The van der Waals surface area contributed by atoms with Crippen LogP contribution in [-0.4, -0.2) is 16.5 Å². The normalized spacial score (nSPS) is 22.4. The van der Waals surface area contributed by atoms with E-state index in [0.29, 0.717) is 6.04 Å². The van der Waals surface area contributed by atoms with E-state index in [1.165, 1.54) is 19.3 Å². The monoisotopic (exact) mass is 284 g/mol. The van der Waals surface area contributed by atoms with Crippen molar-refractivity contribution in [3.05, 3.63) is 36.0 Å². The van der Waals surface area contributed by atoms with Gasteiger partial charge in [0.25, 0.3) is 5.91 Å². The highest BCUT2D eigenvalue weighted by atomic mass is 16.1. The molecule has 1 N–H and O–H groups in total. The zero-order valence-electron chi connectivity index (χ0n) is 12.9. The molecule has 21 heavy (non-hydrogen) atoms. The fraction of sp³-hybridized carbons (Fsp3) is 0.500. The van der Waals surface area contributed by atoms with Crippen LogP contribution in [0.25, 0.3) is 10.9 Å². The van der Waals surface area contributed by atoms with E-state index in [4.69, 9.17) is 0 Å². The van der Waals surface area contributed by atoms with Crippen molar-refractivity contribution in [1.29, 1.82) is 0 Å². The van der Waals surface area contributed by atoms with E-state index < -0.39 is 0 Å². The Morgan fingerprint density at radius 1 is 1.24 bits per heavy atom. The highest BCUT2D eigenvalue weighted by molar-refractivity contribution is 6.07. The lowest BCUT2D eigenvalue weighted by atomic mass is 9.84. The average molecular weight is 284 g/mol. The molecule has 3 nitrogen and oxygen atoms in total. The van der Waals surface area contributed by atoms with Crippen molar-refractivity contribution >= 4 is 16.8 Å². The summed E-state index contributed by atoms with van der Waals surface area (Å²) in [4.78, 5) is 12.6. The molecular weight excluding hydrogens is 260 g/mol. The fourth-order valence-electron chi connectivity index (χ4n) is 3.50. The third-order valence-corrected chi connectivity index (χ3v) is 4.90. The van der Waals surface area contributed by atoms with E-state index in [1.807, 2.05) is 36.0 Å². The maximum absolute atomic E-state index is 12.6. The first-order chi connectivity index (χ1) is 10.2. The number of nitrogens with one attached hydrogen (secondary N) is 1. The lowest BCUT2D eigenvalue weighted by molar-refractivity contribution is 0.0923. The molecule has 0 bridgehead atoms. The second kappa shape index (κ2) is 5.92. The molecule has 3 rings (SSSR count). The number of hydrogen-bond acceptors (Lipinski definition) is 1. The summed E-state index contributed by atoms with van der Waals surface area (Å²) in [6.07, 6.45) is 7.94. The lowest BCUT2D eigenvalue weighted by Crippen LogP contribution is -2.37. The number of carbonyl (C=O) groups is 1. The van der Waals surface area contributed by atoms with E-state index in [0.717, 1.165) is 35.2 Å². The smallest absolute Gasteiger partial charge is 0.253 e. The van der Waals surface area contributed by atoms with Crippen LogP contribution in [0, 0.1) is 5.92 Å². The van der Waals surface area contributed by atoms with E-state index in [-0.39, 0.29) is 5.91 Å². The van der Waals surface area contributed by atoms with Crippen LogP contribution < -0.4 is 5.32 Å². The first kappa shape index (κ1) is 14.2. The number of amides is 1. The van der Waals surface area contributed by atoms with E-state index in [9.17, 15) is 4.79 Å². The molecule has 0 radical (unpaired) electrons. The van der Waals surface area contributed by atoms with Crippen LogP contribution in [0.3, 0.4) is 0 Å². The molecule has 0 saturated heterocycles. The van der Waals surface area contributed by atoms with Crippen LogP contribution in [0.2, 0.25) is 0 Å². The van der Waals surface area contributed by atoms with Crippen LogP contribution in [-0.2, 0) is 7.05 Å². The molecular formula is C18H24N2O. The van der Waals surface area contributed by atoms with Gasteiger partial charge < -0.3 is 9.88 Å². The Balaban J connectivity index is 1.73. The minimum absolute atomic E-state index is 0.0757. The molecule has 0 unspecified atom stereocenters. The minimum Gasteiger partial charge on any atom is -0.350 e. The van der Waals surface area contributed by atoms with Crippen LogP contribution >= 0.6 is 0 Å². The Labute approximate surface area is 126 Å². The molecule has 0 atom stereocenters. The van der Waals surface area contributed by atoms with Gasteiger partial charge in [-0.15, -0.1) is 0 Å². The van der Waals surface area contributed by atoms with Crippen LogP contribution in [0.5, 0.6) is 0 Å². The Morgan fingerprint density at radius 2 is 1.95 bits per heavy atom. The van der Waals surface area contributed by atoms with Crippen molar-refractivity contribution in [1.82, 2.24) is 9.88 Å². The Hall–Kier alpha value is -1.77. The zero-order valence-corrected chi connectivity index (χ0v) is 12.9. The number of para-hydroxylation sites is 1. The van der Waals surface area contributed by atoms with Gasteiger partial charge in [-0.2, -0.15) is 0 Å². The third kappa shape index (κ3) is 2.82. The zero-order chi connectivity index (χ0) is 14.8. The summed E-state index contributed by atoms with van der Waals surface area (Å²) >= 11 is 0. The summed E-state index contributed by atoms with van der Waals surface area (Å²) in [5.74, 6) is 0.933. The third-order valence-electron chi connectivity index (χ3n) is 4.90. The van der Waals surface area contributed by atoms with Crippen molar-refractivity contribution in [2.24, 2.45) is 13.0 Å². The van der Waals surface area contributed by atoms with Gasteiger partial charge in [-0.25, -0.2) is 0 Å². The lowest BCUT2D eigenvalue weighted by Gasteiger charge is -2.28. The summed E-state index contributed by atoms with van der Waals surface area (Å²) in [5, 5.41) is 4.27. The number of carbonyl (C=O) groups excluding carboxylic acids is 1. The quantitative estimate of drug-likeness (QED) is 0.912. The summed E-state index contributed by atoms with van der Waals surface area (Å²) in [6, 6.07) is 8.43. The molecule has 1 aromatic heterocycles. The van der Waals surface area contributed by atoms with Crippen molar-refractivity contribution in [2.45, 2.75) is 45.1 Å². The van der Waals surface area contributed by atoms with Gasteiger partial charge in [0, 0.05) is 30.2 Å². The number of rotatable bonds is 3. The Kier molecular flexibility index (Phi) is 4.00. The second-order valence-electron chi connectivity index (χ2n) is 6.27. The molecule has 0 aliphatic heterocycles. The van der Waals surface area contributed by atoms with Gasteiger partial charge in [-0.1, -0.05) is 31.5 Å². The predicted molar refractivity (Wildman–Crippen MR) is 86.4 cm³/mol. The van der Waals surface area contributed by atoms with Gasteiger partial charge >= 0.3 is 0 Å². The van der Waals surface area contributed by atoms with Crippen molar-refractivity contribution < 1.29 is 4.79 Å². The Bertz CT molecular complexity index is 636. The van der Waals surface area contributed by atoms with Crippen LogP contribution in [0.1, 0.15) is 49.4 Å². The topological polar surface area (TPSA) is 34.0 Å². The van der Waals surface area contributed by atoms with Crippen molar-refractivity contribution in [2.75, 3.05) is 0 Å². The number of aryl methyl sites for hydroxylation is 1. The van der Waals surface area contributed by atoms with E-state index in [1.54, 1.807) is 0 Å². The molecule has 1 aliphatic rings. The van der Waals surface area contributed by atoms with Gasteiger partial charge in [-0.3, -0.25) is 4.79 Å². The first-order valence-electron chi connectivity index (χ1n) is 8.04. The molecule has 1 aromatic carbocycles. The van der Waals surface area contributed by atoms with Crippen LogP contribution in [0.15, 0.2) is 30.5 Å². The number of nitrogens with zero attached hydrogens (tertiary/aromatic N) is 1. The molecule has 1 heterocycles. The number of benzene rings is 1. The van der Waals surface area contributed by atoms with Crippen LogP contribution in [0.4, 0.5) is 0 Å². The molecule has 2 aromatic rings. The number of aromatic nitrogens is 1. The summed E-state index contributed by atoms with van der Waals surface area (Å²) in [6.45, 7) is 2.26. The molecule has 112 valence electrons. The molecule has 1 fully saturated rings. The first-order valence-corrected chi connectivity index (χ1v) is 8.04. The molecule has 1 amide bonds. The molecule has 0 spiro atoms. The molecule has 1 aliphatic carbocycles. The average Bonchev–Trinajstić information content (AvgIpc) is 2.86. The maximum Gasteiger partial charge on any atom is 0.253 e. The Morgan fingerprint density at radius 3 is 2.67 bits per heavy atom. The summed E-state index contributed by atoms with van der Waals surface area (Å²) < 4.78 is 2.03. The molecule has 1 saturated carbocycles. The number of fused-ring (bicyclic) bond motifs is 1. The van der Waals surface area contributed by atoms with Crippen molar-refractivity contribution in [3.8, 4) is 0 Å². The highest BCUT2D eigenvalue weighted by Crippen LogP contribution is 2.27. The van der Waals surface area contributed by atoms with Gasteiger partial charge in [-0.05, 0) is 37.7 Å². The fourth-order valence-corrected chi connectivity index (χ4v) is 3.50. The second-order valence-corrected chi connectivity index (χ2v) is 6.27. The van der Waals surface area contributed by atoms with Gasteiger partial charge in [0.1, 0.15) is 0 Å². The van der Waals surface area contributed by atoms with Gasteiger partial charge in [0.2, 0.25) is 0 Å². The highest BCUT2D eigenvalue weighted by Gasteiger charge is 2.22. The maximum atomic E-state index is 12.6. The minimum atomic E-state index is 0.0757. The molecule has 3 heteroatoms. The standard InChI is InChI=1S/C18H24N2O/c1-3-13-8-10-14(11-9-13)19-18(21)16-12-20(2)17-7-5-4-6-15(16)17/h4-7,12-14H,3,8-11H2,1-2H3,(H,19,21). The van der Waals surface area contributed by atoms with Gasteiger partial charge in [0.15, 0.2) is 0 Å². The van der Waals surface area contributed by atoms with Crippen molar-refractivity contribution in [3.63, 3.8) is 0 Å². The van der Waals surface area contributed by atoms with Gasteiger partial charge in [0.05, 0.1) is 5.56 Å². The van der Waals surface area contributed by atoms with E-state index >= 15 is 0 Å². The predicted octanol–water partition coefficient (Wildman–Crippen LogP) is 3.88. The number of hydrogen-bond donors (Lipinski definition) is 1. The summed E-state index contributed by atoms with van der Waals surface area (Å²) in [7, 11) is 1.99. The van der Waals surface area contributed by atoms with E-state index in [2.05, 4.69) is 18.3 Å². The summed E-state index contributed by atoms with van der Waals surface area (Å²) in [5.41, 5.74) is 1.91. The largest absolute Gasteiger partial charge is 0.350 e.